The van der Waals surface area contributed by atoms with Crippen molar-refractivity contribution in [3.63, 3.8) is 0 Å². The topological polar surface area (TPSA) is 206 Å². The third-order valence-corrected chi connectivity index (χ3v) is 31.6. The van der Waals surface area contributed by atoms with Crippen molar-refractivity contribution in [2.75, 3.05) is 19.8 Å². The minimum Gasteiger partial charge on any atom is -0.490 e. The summed E-state index contributed by atoms with van der Waals surface area (Å²) >= 11 is 12.7. The van der Waals surface area contributed by atoms with E-state index in [1.165, 1.54) is 181 Å². The lowest BCUT2D eigenvalue weighted by Gasteiger charge is -2.28. The molecule has 6 aliphatic carbocycles. The van der Waals surface area contributed by atoms with Crippen LogP contribution in [0.2, 0.25) is 0 Å². The van der Waals surface area contributed by atoms with E-state index in [-0.39, 0.29) is 116 Å². The molecular weight excluding hydrogens is 2220 g/mol. The fourth-order valence-electron chi connectivity index (χ4n) is 19.7. The van der Waals surface area contributed by atoms with Gasteiger partial charge in [0.05, 0.1) is 64.6 Å². The second kappa shape index (κ2) is 50.5. The van der Waals surface area contributed by atoms with Crippen LogP contribution < -0.4 is 33.7 Å². The summed E-state index contributed by atoms with van der Waals surface area (Å²) in [5.41, 5.74) is -2.80. The Kier molecular flexibility index (Phi) is 39.3. The number of hydrogen-bond acceptors (Lipinski definition) is 11. The Labute approximate surface area is 876 Å². The van der Waals surface area contributed by atoms with Gasteiger partial charge in [0, 0.05) is 25.5 Å². The van der Waals surface area contributed by atoms with Crippen molar-refractivity contribution >= 4 is 160 Å². The number of aromatic carboxylic acids is 1. The first kappa shape index (κ1) is 113. The van der Waals surface area contributed by atoms with Gasteiger partial charge < -0.3 is 53.4 Å². The normalized spacial score (nSPS) is 21.5. The van der Waals surface area contributed by atoms with Gasteiger partial charge in [0.1, 0.15) is 56.8 Å². The van der Waals surface area contributed by atoms with Crippen LogP contribution in [0.5, 0.6) is 34.5 Å². The molecule has 4 N–H and O–H groups in total. The Morgan fingerprint density at radius 2 is 0.600 bits per heavy atom. The number of carboxylic acid groups (broad SMARTS) is 1. The number of fused-ring (bicyclic) bond motifs is 6. The summed E-state index contributed by atoms with van der Waals surface area (Å²) in [6, 6.07) is 51.5. The molecule has 6 aliphatic rings. The Morgan fingerprint density at radius 3 is 0.945 bits per heavy atom. The summed E-state index contributed by atoms with van der Waals surface area (Å²) in [6.45, 7) is 13.3. The van der Waals surface area contributed by atoms with Crippen LogP contribution in [0.3, 0.4) is 0 Å². The number of halogens is 16. The van der Waals surface area contributed by atoms with Crippen molar-refractivity contribution in [2.45, 2.75) is 263 Å². The van der Waals surface area contributed by atoms with Gasteiger partial charge in [-0.1, -0.05) is 162 Å². The van der Waals surface area contributed by atoms with Crippen molar-refractivity contribution in [1.29, 1.82) is 0 Å². The highest BCUT2D eigenvalue weighted by atomic mass is 127. The molecule has 6 fully saturated rings. The van der Waals surface area contributed by atoms with Crippen molar-refractivity contribution in [2.24, 2.45) is 35.5 Å². The standard InChI is InChI=1S/C22H27F3NO5P.C20H21F3O3.C19H19F3O3.C18H18BrF3O.C17H18BrIO.C17H19BrO/c1-14-3-7-17(8-4-14)31-19-10-6-15-13-16(5-9-18(15)20(19)22(23,24)25)21(27)26-11-2-12-32(28,29)30;1-12-3-7-15(8-4-12)26-17-10-6-13-11-14(19(24)25-2)5-9-16(13)18(17)20(21,22)23;1-11-2-6-14(7-3-11)25-16-9-5-12-10-13(18(23)24)4-8-15(12)17(16)19(20,21)22;1-11-2-6-14(7-3-11)23-16-9-4-12-10-13(19)5-8-15(12)17(16)18(20,21)22;1-11-2-6-14(7-3-11)20-16-9-4-12-10-13(18)5-8-15(12)17(16)19;1-12-2-7-16(8-3-12)19-17-9-5-13-10-15(18)6-4-14(13)11-17/h5-6,9-10,13-14,17H,2-4,7-8,11-12H2,1H3,(H,26,27)(H2,28,29,30);5-6,9-12,15H,3-4,7-8H2,1-2H3;4-5,8-11,14H,2-3,6-7H2,1H3,(H,23,24);4-5,8-11,14H,2-3,6-7H2,1H3;4-5,8-11,14H,2-3,6-7H2,1H3;4-6,9-12,16H,2-3,7-8H2,1H3. The smallest absolute Gasteiger partial charge is 0.420 e. The van der Waals surface area contributed by atoms with Gasteiger partial charge in [0.15, 0.2) is 0 Å². The molecule has 0 saturated heterocycles. The van der Waals surface area contributed by atoms with Gasteiger partial charge in [0.25, 0.3) is 5.91 Å². The van der Waals surface area contributed by atoms with Crippen LogP contribution in [0.1, 0.15) is 255 Å². The molecule has 12 aromatic rings. The lowest BCUT2D eigenvalue weighted by molar-refractivity contribution is -0.139. The lowest BCUT2D eigenvalue weighted by Crippen LogP contribution is -2.25. The fraction of sp³-hybridized carbons (Fsp3) is 0.442. The molecule has 0 unspecified atom stereocenters. The van der Waals surface area contributed by atoms with Crippen LogP contribution in [-0.4, -0.2) is 89.2 Å². The Hall–Kier alpha value is -9.11. The van der Waals surface area contributed by atoms with Gasteiger partial charge in [-0.2, -0.15) is 52.7 Å². The molecule has 0 spiro atoms. The highest BCUT2D eigenvalue weighted by Gasteiger charge is 2.43. The molecule has 780 valence electrons. The van der Waals surface area contributed by atoms with E-state index in [9.17, 15) is 71.6 Å². The van der Waals surface area contributed by atoms with Crippen LogP contribution in [0.15, 0.2) is 201 Å². The zero-order chi connectivity index (χ0) is 105. The lowest BCUT2D eigenvalue weighted by atomic mass is 9.89. The number of hydrogen-bond donors (Lipinski definition) is 4. The second-order valence-corrected chi connectivity index (χ2v) is 45.2. The molecule has 1 amide bonds. The minimum atomic E-state index is -4.62. The number of carbonyl (C=O) groups is 3. The summed E-state index contributed by atoms with van der Waals surface area (Å²) in [4.78, 5) is 52.6. The first-order chi connectivity index (χ1) is 68.7. The molecule has 0 bridgehead atoms. The van der Waals surface area contributed by atoms with E-state index in [0.29, 0.717) is 46.7 Å². The number of carbonyl (C=O) groups excluding carboxylic acids is 2. The quantitative estimate of drug-likeness (QED) is 0.0195. The maximum absolute atomic E-state index is 13.9. The molecular formula is C113H122Br3F12INO14P. The van der Waals surface area contributed by atoms with Crippen LogP contribution in [0, 0.1) is 39.1 Å². The van der Waals surface area contributed by atoms with Crippen molar-refractivity contribution in [3.8, 4) is 34.5 Å². The van der Waals surface area contributed by atoms with Crippen LogP contribution in [-0.2, 0) is 34.0 Å². The highest BCUT2D eigenvalue weighted by molar-refractivity contribution is 14.1. The molecule has 6 saturated carbocycles. The zero-order valence-corrected chi connectivity index (χ0v) is 89.6. The van der Waals surface area contributed by atoms with Crippen molar-refractivity contribution < 1.29 is 120 Å². The van der Waals surface area contributed by atoms with Gasteiger partial charge in [-0.05, 0) is 399 Å². The SMILES string of the molecule is CC1CCC(Oc2ccc3cc(Br)ccc3c2)CC1.CC1CCC(Oc2ccc3cc(Br)ccc3c2C(F)(F)F)CC1.CC1CCC(Oc2ccc3cc(Br)ccc3c2I)CC1.CC1CCC(Oc2ccc3cc(C(=O)NCCCP(=O)(O)O)ccc3c2C(F)(F)F)CC1.CC1CCC(Oc2ccc3cc(C(=O)O)ccc3c2C(F)(F)F)CC1.COC(=O)c1ccc2c(C(F)(F)F)c(OC3CCC(C)CC3)ccc2c1. The average Bonchev–Trinajstić information content (AvgIpc) is 0.792. The van der Waals surface area contributed by atoms with Crippen LogP contribution in [0.4, 0.5) is 52.7 Å². The summed E-state index contributed by atoms with van der Waals surface area (Å²) in [5, 5.41) is 18.0. The molecule has 0 radical (unpaired) electrons. The summed E-state index contributed by atoms with van der Waals surface area (Å²) in [6.07, 6.45) is 5.26. The van der Waals surface area contributed by atoms with Gasteiger partial charge >= 0.3 is 44.2 Å². The molecule has 0 atom stereocenters. The molecule has 32 heteroatoms. The number of alkyl halides is 12. The minimum absolute atomic E-state index is 0.0202. The third kappa shape index (κ3) is 32.0. The Bertz CT molecular complexity index is 6510. The van der Waals surface area contributed by atoms with Gasteiger partial charge in [-0.25, -0.2) is 9.59 Å². The largest absolute Gasteiger partial charge is 0.490 e. The monoisotopic (exact) mass is 2340 g/mol. The zero-order valence-electron chi connectivity index (χ0n) is 81.7. The third-order valence-electron chi connectivity index (χ3n) is 28.1. The van der Waals surface area contributed by atoms with Crippen LogP contribution >= 0.6 is 78.0 Å². The van der Waals surface area contributed by atoms with Gasteiger partial charge in [0.2, 0.25) is 0 Å². The first-order valence-corrected chi connectivity index (χ1v) is 54.9. The summed E-state index contributed by atoms with van der Waals surface area (Å²) < 4.78 is 220. The second-order valence-electron chi connectivity index (χ2n) is 39.6. The molecule has 145 heavy (non-hydrogen) atoms. The van der Waals surface area contributed by atoms with E-state index >= 15 is 0 Å². The number of ether oxygens (including phenoxy) is 7. The van der Waals surface area contributed by atoms with E-state index < -0.39 is 72.4 Å². The fourth-order valence-corrected chi connectivity index (χ4v) is 22.2. The number of esters is 1. The van der Waals surface area contributed by atoms with E-state index in [1.807, 2.05) is 0 Å². The van der Waals surface area contributed by atoms with Gasteiger partial charge in [-0.3, -0.25) is 9.36 Å². The number of amides is 1. The number of nitrogens with one attached hydrogen (secondary N) is 1. The van der Waals surface area contributed by atoms with E-state index in [4.69, 9.17) is 43.3 Å². The molecule has 0 heterocycles. The van der Waals surface area contributed by atoms with Crippen molar-refractivity contribution in [1.82, 2.24) is 5.32 Å². The highest BCUT2D eigenvalue weighted by Crippen LogP contribution is 2.50. The van der Waals surface area contributed by atoms with E-state index in [2.05, 4.69) is 189 Å². The first-order valence-electron chi connectivity index (χ1n) is 49.6. The molecule has 15 nitrogen and oxygen atoms in total. The number of rotatable bonds is 19. The Morgan fingerprint density at radius 1 is 0.338 bits per heavy atom. The number of carboxylic acids is 1. The maximum atomic E-state index is 13.9. The predicted molar refractivity (Wildman–Crippen MR) is 564 cm³/mol. The molecule has 12 aromatic carbocycles. The van der Waals surface area contributed by atoms with Gasteiger partial charge in [-0.15, -0.1) is 0 Å². The maximum Gasteiger partial charge on any atom is 0.420 e. The molecule has 0 aliphatic heterocycles. The number of benzene rings is 12. The van der Waals surface area contributed by atoms with E-state index in [0.717, 1.165) is 139 Å². The average molecular weight is 2340 g/mol. The van der Waals surface area contributed by atoms with Crippen LogP contribution in [0.25, 0.3) is 64.6 Å². The molecule has 18 rings (SSSR count). The van der Waals surface area contributed by atoms with E-state index in [1.54, 1.807) is 24.3 Å². The molecule has 0 aromatic heterocycles. The summed E-state index contributed by atoms with van der Waals surface area (Å²) in [7, 11) is -2.91. The number of methoxy groups -OCH3 is 1. The summed E-state index contributed by atoms with van der Waals surface area (Å²) in [5.74, 6) is 3.28. The van der Waals surface area contributed by atoms with Crippen molar-refractivity contribution in [3.05, 3.63) is 244 Å². The predicted octanol–water partition coefficient (Wildman–Crippen LogP) is 34.5. The Balaban J connectivity index is 0.000000147.